The number of rotatable bonds is 7. The summed E-state index contributed by atoms with van der Waals surface area (Å²) in [6, 6.07) is 2.17. The minimum atomic E-state index is 0.674. The molecule has 0 aromatic carbocycles. The van der Waals surface area contributed by atoms with Crippen molar-refractivity contribution in [3.8, 4) is 6.07 Å². The Kier molecular flexibility index (Phi) is 5.94. The molecule has 4 heteroatoms. The van der Waals surface area contributed by atoms with Gasteiger partial charge in [-0.25, -0.2) is 9.13 Å². The first-order valence-electron chi connectivity index (χ1n) is 5.27. The van der Waals surface area contributed by atoms with Gasteiger partial charge in [0.15, 0.2) is 0 Å². The van der Waals surface area contributed by atoms with Crippen LogP contribution in [0.15, 0.2) is 18.7 Å². The molecule has 15 heavy (non-hydrogen) atoms. The van der Waals surface area contributed by atoms with Gasteiger partial charge in [0.2, 0.25) is 6.33 Å². The van der Waals surface area contributed by atoms with E-state index in [4.69, 9.17) is 5.26 Å². The van der Waals surface area contributed by atoms with Gasteiger partial charge in [0.05, 0.1) is 19.2 Å². The molecular formula is C11H18N3S+. The van der Waals surface area contributed by atoms with Gasteiger partial charge in [-0.3, -0.25) is 0 Å². The van der Waals surface area contributed by atoms with Gasteiger partial charge in [-0.1, -0.05) is 0 Å². The zero-order valence-electron chi connectivity index (χ0n) is 9.22. The third-order valence-electron chi connectivity index (χ3n) is 2.25. The van der Waals surface area contributed by atoms with Crippen molar-refractivity contribution in [2.75, 3.05) is 12.0 Å². The molecule has 1 aromatic heterocycles. The molecule has 0 aliphatic carbocycles. The second-order valence-corrected chi connectivity index (χ2v) is 4.48. The third-order valence-corrected chi connectivity index (χ3v) is 2.85. The van der Waals surface area contributed by atoms with Crippen LogP contribution in [0.5, 0.6) is 0 Å². The molecule has 82 valence electrons. The zero-order chi connectivity index (χ0) is 10.9. The van der Waals surface area contributed by atoms with Crippen LogP contribution < -0.4 is 4.57 Å². The molecule has 0 amide bonds. The maximum absolute atomic E-state index is 8.40. The van der Waals surface area contributed by atoms with E-state index in [-0.39, 0.29) is 0 Å². The maximum Gasteiger partial charge on any atom is 0.243 e. The lowest BCUT2D eigenvalue weighted by Crippen LogP contribution is -2.30. The largest absolute Gasteiger partial charge is 0.243 e. The summed E-state index contributed by atoms with van der Waals surface area (Å²) in [7, 11) is 0. The van der Waals surface area contributed by atoms with Crippen LogP contribution in [-0.4, -0.2) is 16.6 Å². The van der Waals surface area contributed by atoms with Gasteiger partial charge >= 0.3 is 0 Å². The number of aryl methyl sites for hydroxylation is 2. The molecule has 0 fully saturated rings. The summed E-state index contributed by atoms with van der Waals surface area (Å²) in [5.74, 6) is 1.16. The van der Waals surface area contributed by atoms with E-state index < -0.39 is 0 Å². The molecule has 0 radical (unpaired) electrons. The lowest BCUT2D eigenvalue weighted by molar-refractivity contribution is -0.696. The third kappa shape index (κ3) is 4.89. The molecule has 0 aliphatic heterocycles. The SMILES string of the molecule is CSCCn1cc[n+](CCCCC#N)c1. The summed E-state index contributed by atoms with van der Waals surface area (Å²) in [6.07, 6.45) is 11.2. The van der Waals surface area contributed by atoms with Crippen LogP contribution in [0.3, 0.4) is 0 Å². The van der Waals surface area contributed by atoms with E-state index in [2.05, 4.69) is 40.2 Å². The molecule has 0 aliphatic rings. The summed E-state index contributed by atoms with van der Waals surface area (Å²) in [5.41, 5.74) is 0. The van der Waals surface area contributed by atoms with E-state index in [1.165, 1.54) is 0 Å². The lowest BCUT2D eigenvalue weighted by atomic mass is 10.2. The van der Waals surface area contributed by atoms with Crippen LogP contribution >= 0.6 is 11.8 Å². The molecule has 3 nitrogen and oxygen atoms in total. The van der Waals surface area contributed by atoms with Crippen molar-refractivity contribution in [1.29, 1.82) is 5.26 Å². The Labute approximate surface area is 95.7 Å². The van der Waals surface area contributed by atoms with Crippen LogP contribution in [0.4, 0.5) is 0 Å². The van der Waals surface area contributed by atoms with Crippen molar-refractivity contribution in [1.82, 2.24) is 4.57 Å². The molecule has 0 saturated carbocycles. The molecule has 1 rings (SSSR count). The first-order chi connectivity index (χ1) is 7.36. The highest BCUT2D eigenvalue weighted by atomic mass is 32.2. The highest BCUT2D eigenvalue weighted by molar-refractivity contribution is 7.98. The van der Waals surface area contributed by atoms with Crippen LogP contribution in [-0.2, 0) is 13.1 Å². The number of aromatic nitrogens is 2. The van der Waals surface area contributed by atoms with Crippen molar-refractivity contribution in [3.63, 3.8) is 0 Å². The number of nitriles is 1. The highest BCUT2D eigenvalue weighted by Crippen LogP contribution is 1.96. The molecule has 0 bridgehead atoms. The smallest absolute Gasteiger partial charge is 0.237 e. The van der Waals surface area contributed by atoms with E-state index >= 15 is 0 Å². The lowest BCUT2D eigenvalue weighted by Gasteiger charge is -1.94. The number of hydrogen-bond acceptors (Lipinski definition) is 2. The average Bonchev–Trinajstić information content (AvgIpc) is 2.69. The first-order valence-corrected chi connectivity index (χ1v) is 6.67. The summed E-state index contributed by atoms with van der Waals surface area (Å²) in [4.78, 5) is 0. The molecule has 0 atom stereocenters. The van der Waals surface area contributed by atoms with Crippen LogP contribution in [0, 0.1) is 11.3 Å². The average molecular weight is 224 g/mol. The summed E-state index contributed by atoms with van der Waals surface area (Å²) < 4.78 is 4.40. The topological polar surface area (TPSA) is 32.6 Å². The molecular weight excluding hydrogens is 206 g/mol. The second kappa shape index (κ2) is 7.36. The Bertz CT molecular complexity index is 314. The fourth-order valence-corrected chi connectivity index (χ4v) is 1.79. The Hall–Kier alpha value is -0.950. The highest BCUT2D eigenvalue weighted by Gasteiger charge is 2.02. The van der Waals surface area contributed by atoms with Gasteiger partial charge in [-0.2, -0.15) is 17.0 Å². The second-order valence-electron chi connectivity index (χ2n) is 3.50. The van der Waals surface area contributed by atoms with Crippen LogP contribution in [0.25, 0.3) is 0 Å². The van der Waals surface area contributed by atoms with E-state index in [1.807, 2.05) is 11.8 Å². The molecule has 0 N–H and O–H groups in total. The Morgan fingerprint density at radius 1 is 1.47 bits per heavy atom. The number of nitrogens with zero attached hydrogens (tertiary/aromatic N) is 3. The zero-order valence-corrected chi connectivity index (χ0v) is 10.0. The standard InChI is InChI=1S/C11H18N3S/c1-15-10-9-14-8-7-13(11-14)6-4-2-3-5-12/h7-8,11H,2-4,6,9-10H2,1H3/q+1. The van der Waals surface area contributed by atoms with Crippen LogP contribution in [0.2, 0.25) is 0 Å². The Balaban J connectivity index is 2.24. The summed E-state index contributed by atoms with van der Waals surface area (Å²) >= 11 is 1.86. The quantitative estimate of drug-likeness (QED) is 0.523. The van der Waals surface area contributed by atoms with E-state index in [1.54, 1.807) is 0 Å². The van der Waals surface area contributed by atoms with E-state index in [0.29, 0.717) is 6.42 Å². The van der Waals surface area contributed by atoms with Crippen LogP contribution in [0.1, 0.15) is 19.3 Å². The van der Waals surface area contributed by atoms with Gasteiger partial charge in [-0.05, 0) is 19.1 Å². The van der Waals surface area contributed by atoms with Crippen molar-refractivity contribution >= 4 is 11.8 Å². The summed E-state index contributed by atoms with van der Waals surface area (Å²) in [6.45, 7) is 2.10. The predicted octanol–water partition coefficient (Wildman–Crippen LogP) is 1.83. The van der Waals surface area contributed by atoms with Gasteiger partial charge in [0.1, 0.15) is 12.4 Å². The number of hydrogen-bond donors (Lipinski definition) is 0. The van der Waals surface area contributed by atoms with Crippen molar-refractivity contribution in [2.45, 2.75) is 32.4 Å². The molecule has 1 heterocycles. The first kappa shape index (κ1) is 12.1. The summed E-state index contributed by atoms with van der Waals surface area (Å²) in [5, 5.41) is 8.40. The van der Waals surface area contributed by atoms with Crippen molar-refractivity contribution in [3.05, 3.63) is 18.7 Å². The van der Waals surface area contributed by atoms with Gasteiger partial charge in [0, 0.05) is 12.2 Å². The van der Waals surface area contributed by atoms with Gasteiger partial charge in [-0.15, -0.1) is 0 Å². The fourth-order valence-electron chi connectivity index (χ4n) is 1.40. The Morgan fingerprint density at radius 3 is 3.07 bits per heavy atom. The minimum absolute atomic E-state index is 0.674. The number of unbranched alkanes of at least 4 members (excludes halogenated alkanes) is 2. The monoisotopic (exact) mass is 224 g/mol. The fraction of sp³-hybridized carbons (Fsp3) is 0.636. The number of imidazole rings is 1. The molecule has 0 unspecified atom stereocenters. The Morgan fingerprint density at radius 2 is 2.33 bits per heavy atom. The number of thioether (sulfide) groups is 1. The molecule has 1 aromatic rings. The predicted molar refractivity (Wildman–Crippen MR) is 62.5 cm³/mol. The molecule has 0 saturated heterocycles. The van der Waals surface area contributed by atoms with Gasteiger partial charge < -0.3 is 0 Å². The van der Waals surface area contributed by atoms with Crippen molar-refractivity contribution < 1.29 is 4.57 Å². The molecule has 0 spiro atoms. The maximum atomic E-state index is 8.40. The van der Waals surface area contributed by atoms with E-state index in [0.717, 1.165) is 31.7 Å². The minimum Gasteiger partial charge on any atom is -0.237 e. The van der Waals surface area contributed by atoms with E-state index in [9.17, 15) is 0 Å². The van der Waals surface area contributed by atoms with Crippen molar-refractivity contribution in [2.24, 2.45) is 0 Å². The van der Waals surface area contributed by atoms with Gasteiger partial charge in [0.25, 0.3) is 0 Å². The normalized spacial score (nSPS) is 10.1.